The number of amides is 1. The van der Waals surface area contributed by atoms with Crippen molar-refractivity contribution >= 4 is 44.0 Å². The predicted octanol–water partition coefficient (Wildman–Crippen LogP) is 6.43. The van der Waals surface area contributed by atoms with Crippen LogP contribution in [0.3, 0.4) is 0 Å². The zero-order valence-electron chi connectivity index (χ0n) is 19.9. The molecule has 0 unspecified atom stereocenters. The van der Waals surface area contributed by atoms with Crippen molar-refractivity contribution in [1.82, 2.24) is 4.98 Å². The number of aryl methyl sites for hydroxylation is 2. The van der Waals surface area contributed by atoms with Gasteiger partial charge in [0.2, 0.25) is 5.13 Å². The molecule has 0 saturated heterocycles. The Bertz CT molecular complexity index is 1140. The first-order chi connectivity index (χ1) is 15.1. The van der Waals surface area contributed by atoms with E-state index in [0.717, 1.165) is 44.3 Å². The van der Waals surface area contributed by atoms with Gasteiger partial charge in [-0.3, -0.25) is 10.2 Å². The molecule has 1 aromatic heterocycles. The molecule has 1 heterocycles. The van der Waals surface area contributed by atoms with E-state index in [2.05, 4.69) is 48.5 Å². The maximum Gasteiger partial charge on any atom is 0.262 e. The fourth-order valence-corrected chi connectivity index (χ4v) is 4.12. The van der Waals surface area contributed by atoms with E-state index >= 15 is 0 Å². The number of hydrogen-bond acceptors (Lipinski definition) is 6. The topological polar surface area (TPSA) is 75.6 Å². The monoisotopic (exact) mass is 452 g/mol. The molecule has 0 aliphatic carbocycles. The van der Waals surface area contributed by atoms with E-state index in [1.54, 1.807) is 0 Å². The third-order valence-electron chi connectivity index (χ3n) is 5.33. The molecule has 2 aromatic carbocycles. The minimum absolute atomic E-state index is 0.0493. The van der Waals surface area contributed by atoms with Crippen molar-refractivity contribution in [2.24, 2.45) is 5.10 Å². The van der Waals surface area contributed by atoms with Gasteiger partial charge < -0.3 is 10.1 Å². The van der Waals surface area contributed by atoms with Crippen LogP contribution in [-0.4, -0.2) is 23.2 Å². The predicted molar refractivity (Wildman–Crippen MR) is 135 cm³/mol. The van der Waals surface area contributed by atoms with Gasteiger partial charge in [-0.2, -0.15) is 5.10 Å². The van der Waals surface area contributed by atoms with E-state index in [1.807, 2.05) is 51.1 Å². The Kier molecular flexibility index (Phi) is 7.19. The molecule has 1 amide bonds. The molecule has 2 N–H and O–H groups in total. The molecule has 0 aliphatic rings. The number of aromatic nitrogens is 1. The highest BCUT2D eigenvalue weighted by Gasteiger charge is 2.16. The smallest absolute Gasteiger partial charge is 0.262 e. The van der Waals surface area contributed by atoms with Crippen molar-refractivity contribution in [1.29, 1.82) is 0 Å². The number of rotatable bonds is 7. The van der Waals surface area contributed by atoms with Gasteiger partial charge in [0, 0.05) is 11.4 Å². The van der Waals surface area contributed by atoms with Crippen molar-refractivity contribution in [2.75, 3.05) is 17.3 Å². The average Bonchev–Trinajstić information content (AvgIpc) is 3.16. The number of benzene rings is 2. The molecule has 0 radical (unpaired) electrons. The van der Waals surface area contributed by atoms with Crippen LogP contribution in [0.25, 0.3) is 10.2 Å². The minimum atomic E-state index is -0.193. The van der Waals surface area contributed by atoms with Crippen LogP contribution < -0.4 is 15.5 Å². The van der Waals surface area contributed by atoms with E-state index in [4.69, 9.17) is 4.74 Å². The first-order valence-electron chi connectivity index (χ1n) is 10.8. The Hall–Kier alpha value is -2.93. The van der Waals surface area contributed by atoms with Crippen LogP contribution >= 0.6 is 11.3 Å². The molecule has 170 valence electrons. The molecule has 0 bridgehead atoms. The summed E-state index contributed by atoms with van der Waals surface area (Å²) >= 11 is 1.53. The van der Waals surface area contributed by atoms with Gasteiger partial charge >= 0.3 is 0 Å². The van der Waals surface area contributed by atoms with Gasteiger partial charge in [-0.1, -0.05) is 51.2 Å². The van der Waals surface area contributed by atoms with E-state index in [-0.39, 0.29) is 17.9 Å². The normalized spacial score (nSPS) is 12.2. The molecular formula is C25H32N4O2S. The maximum absolute atomic E-state index is 12.6. The molecule has 0 spiro atoms. The van der Waals surface area contributed by atoms with Gasteiger partial charge in [0.05, 0.1) is 10.2 Å². The number of anilines is 2. The fraction of sp³-hybridized carbons (Fsp3) is 0.400. The van der Waals surface area contributed by atoms with Crippen LogP contribution in [0.4, 0.5) is 10.8 Å². The third-order valence-corrected chi connectivity index (χ3v) is 6.42. The van der Waals surface area contributed by atoms with Crippen LogP contribution in [0.2, 0.25) is 0 Å². The third kappa shape index (κ3) is 5.65. The molecule has 0 aliphatic heterocycles. The van der Waals surface area contributed by atoms with Gasteiger partial charge in [0.25, 0.3) is 5.91 Å². The minimum Gasteiger partial charge on any atom is -0.484 e. The molecule has 0 atom stereocenters. The summed E-state index contributed by atoms with van der Waals surface area (Å²) in [5, 5.41) is 8.08. The first kappa shape index (κ1) is 23.7. The van der Waals surface area contributed by atoms with Crippen molar-refractivity contribution < 1.29 is 9.53 Å². The fourth-order valence-electron chi connectivity index (χ4n) is 3.22. The largest absolute Gasteiger partial charge is 0.484 e. The quantitative estimate of drug-likeness (QED) is 0.320. The van der Waals surface area contributed by atoms with Crippen molar-refractivity contribution in [3.05, 3.63) is 47.0 Å². The van der Waals surface area contributed by atoms with Crippen LogP contribution in [0.5, 0.6) is 5.75 Å². The second-order valence-corrected chi connectivity index (χ2v) is 9.98. The van der Waals surface area contributed by atoms with Gasteiger partial charge in [0.1, 0.15) is 5.75 Å². The molecule has 0 saturated carbocycles. The number of fused-ring (bicyclic) bond motifs is 1. The second kappa shape index (κ2) is 9.69. The highest BCUT2D eigenvalue weighted by atomic mass is 32.1. The number of carbonyl (C=O) groups is 1. The van der Waals surface area contributed by atoms with E-state index in [1.165, 1.54) is 16.9 Å². The van der Waals surface area contributed by atoms with Crippen LogP contribution in [0.15, 0.2) is 35.4 Å². The number of ether oxygens (including phenoxy) is 1. The second-order valence-electron chi connectivity index (χ2n) is 8.98. The lowest BCUT2D eigenvalue weighted by atomic mass is 9.87. The summed E-state index contributed by atoms with van der Waals surface area (Å²) < 4.78 is 6.72. The van der Waals surface area contributed by atoms with E-state index in [0.29, 0.717) is 5.75 Å². The summed E-state index contributed by atoms with van der Waals surface area (Å²) in [5.41, 5.74) is 9.00. The SMILES string of the molecule is CC/C(C)=N/Nc1nc2cc(C)c(NC(=O)COc3ccc(C(C)(C)C)cc3)c(C)c2s1. The molecule has 3 rings (SSSR count). The Morgan fingerprint density at radius 3 is 2.50 bits per heavy atom. The average molecular weight is 453 g/mol. The molecular weight excluding hydrogens is 420 g/mol. The Labute approximate surface area is 194 Å². The summed E-state index contributed by atoms with van der Waals surface area (Å²) in [6, 6.07) is 9.88. The summed E-state index contributed by atoms with van der Waals surface area (Å²) in [5.74, 6) is 0.486. The lowest BCUT2D eigenvalue weighted by Gasteiger charge is -2.19. The Balaban J connectivity index is 1.70. The molecule has 0 fully saturated rings. The Morgan fingerprint density at radius 2 is 1.88 bits per heavy atom. The van der Waals surface area contributed by atoms with Gasteiger partial charge in [-0.05, 0) is 67.5 Å². The van der Waals surface area contributed by atoms with Gasteiger partial charge in [0.15, 0.2) is 6.61 Å². The lowest BCUT2D eigenvalue weighted by Crippen LogP contribution is -2.21. The molecule has 32 heavy (non-hydrogen) atoms. The standard InChI is InChI=1S/C25H32N4O2S/c1-8-16(3)28-29-24-26-20-13-15(2)22(17(4)23(20)32-24)27-21(30)14-31-19-11-9-18(10-12-19)25(5,6)7/h9-13H,8,14H2,1-7H3,(H,26,29)(H,27,30)/b28-16+. The number of hydrogen-bond donors (Lipinski definition) is 2. The van der Waals surface area contributed by atoms with Gasteiger partial charge in [-0.15, -0.1) is 0 Å². The number of hydrazone groups is 1. The molecule has 3 aromatic rings. The van der Waals surface area contributed by atoms with Crippen LogP contribution in [0.1, 0.15) is 57.7 Å². The van der Waals surface area contributed by atoms with Crippen molar-refractivity contribution in [3.8, 4) is 5.75 Å². The van der Waals surface area contributed by atoms with E-state index in [9.17, 15) is 4.79 Å². The first-order valence-corrected chi connectivity index (χ1v) is 11.6. The highest BCUT2D eigenvalue weighted by molar-refractivity contribution is 7.22. The van der Waals surface area contributed by atoms with E-state index < -0.39 is 0 Å². The highest BCUT2D eigenvalue weighted by Crippen LogP contribution is 2.35. The maximum atomic E-state index is 12.6. The zero-order chi connectivity index (χ0) is 23.5. The summed E-state index contributed by atoms with van der Waals surface area (Å²) in [6.45, 7) is 14.5. The molecule has 7 heteroatoms. The summed E-state index contributed by atoms with van der Waals surface area (Å²) in [6.07, 6.45) is 0.884. The molecule has 6 nitrogen and oxygen atoms in total. The summed E-state index contributed by atoms with van der Waals surface area (Å²) in [7, 11) is 0. The van der Waals surface area contributed by atoms with Crippen LogP contribution in [-0.2, 0) is 10.2 Å². The van der Waals surface area contributed by atoms with Gasteiger partial charge in [-0.25, -0.2) is 4.98 Å². The number of nitrogens with one attached hydrogen (secondary N) is 2. The number of thiazole rings is 1. The lowest BCUT2D eigenvalue weighted by molar-refractivity contribution is -0.118. The van der Waals surface area contributed by atoms with Crippen molar-refractivity contribution in [3.63, 3.8) is 0 Å². The van der Waals surface area contributed by atoms with Crippen LogP contribution in [0, 0.1) is 13.8 Å². The zero-order valence-corrected chi connectivity index (χ0v) is 20.7. The number of carbonyl (C=O) groups excluding carboxylic acids is 1. The summed E-state index contributed by atoms with van der Waals surface area (Å²) in [4.78, 5) is 17.2. The van der Waals surface area contributed by atoms with Crippen molar-refractivity contribution in [2.45, 2.75) is 60.3 Å². The number of nitrogens with zero attached hydrogens (tertiary/aromatic N) is 2. The Morgan fingerprint density at radius 1 is 1.19 bits per heavy atom.